The van der Waals surface area contributed by atoms with Crippen molar-refractivity contribution in [1.82, 2.24) is 9.47 Å². The van der Waals surface area contributed by atoms with Crippen LogP contribution in [0.15, 0.2) is 48.5 Å². The van der Waals surface area contributed by atoms with Gasteiger partial charge in [0.2, 0.25) is 5.88 Å². The Hall–Kier alpha value is -2.26. The van der Waals surface area contributed by atoms with Crippen molar-refractivity contribution in [3.8, 4) is 11.6 Å². The Morgan fingerprint density at radius 3 is 2.42 bits per heavy atom. The molecule has 0 radical (unpaired) electrons. The van der Waals surface area contributed by atoms with Crippen molar-refractivity contribution >= 4 is 10.9 Å². The standard InChI is InChI=1S/C21H26N2O/c1-16-11-13-17(14-12-16)24-21-19(9-7-15-22(2)3)18-8-5-6-10-20(18)23(21)4/h5-6,8,10-14H,7,9,15H2,1-4H3. The summed E-state index contributed by atoms with van der Waals surface area (Å²) in [7, 11) is 6.32. The molecule has 1 heterocycles. The Morgan fingerprint density at radius 1 is 1.00 bits per heavy atom. The Morgan fingerprint density at radius 2 is 1.71 bits per heavy atom. The van der Waals surface area contributed by atoms with Crippen molar-refractivity contribution in [2.45, 2.75) is 19.8 Å². The monoisotopic (exact) mass is 322 g/mol. The minimum atomic E-state index is 0.889. The number of benzene rings is 2. The van der Waals surface area contributed by atoms with E-state index in [0.29, 0.717) is 0 Å². The number of para-hydroxylation sites is 1. The summed E-state index contributed by atoms with van der Waals surface area (Å²) in [5, 5.41) is 1.29. The average molecular weight is 322 g/mol. The predicted octanol–water partition coefficient (Wildman–Crippen LogP) is 4.77. The van der Waals surface area contributed by atoms with E-state index in [1.165, 1.54) is 22.0 Å². The van der Waals surface area contributed by atoms with E-state index in [9.17, 15) is 0 Å². The number of hydrogen-bond acceptors (Lipinski definition) is 2. The van der Waals surface area contributed by atoms with E-state index in [1.54, 1.807) is 0 Å². The van der Waals surface area contributed by atoms with Crippen LogP contribution in [-0.2, 0) is 13.5 Å². The summed E-state index contributed by atoms with van der Waals surface area (Å²) >= 11 is 0. The summed E-state index contributed by atoms with van der Waals surface area (Å²) in [6.45, 7) is 3.17. The van der Waals surface area contributed by atoms with Crippen LogP contribution >= 0.6 is 0 Å². The molecule has 0 saturated heterocycles. The number of aromatic nitrogens is 1. The lowest BCUT2D eigenvalue weighted by Crippen LogP contribution is -2.13. The molecular weight excluding hydrogens is 296 g/mol. The maximum absolute atomic E-state index is 6.29. The summed E-state index contributed by atoms with van der Waals surface area (Å²) in [5.41, 5.74) is 3.76. The number of rotatable bonds is 6. The Kier molecular flexibility index (Phi) is 4.91. The van der Waals surface area contributed by atoms with Gasteiger partial charge in [-0.3, -0.25) is 0 Å². The van der Waals surface area contributed by atoms with Gasteiger partial charge in [-0.05, 0) is 58.6 Å². The second-order valence-corrected chi connectivity index (χ2v) is 6.68. The smallest absolute Gasteiger partial charge is 0.204 e. The lowest BCUT2D eigenvalue weighted by molar-refractivity contribution is 0.396. The number of hydrogen-bond donors (Lipinski definition) is 0. The summed E-state index contributed by atoms with van der Waals surface area (Å²) < 4.78 is 8.45. The molecule has 3 nitrogen and oxygen atoms in total. The van der Waals surface area contributed by atoms with Crippen molar-refractivity contribution in [3.63, 3.8) is 0 Å². The Balaban J connectivity index is 1.97. The fourth-order valence-electron chi connectivity index (χ4n) is 3.11. The predicted molar refractivity (Wildman–Crippen MR) is 101 cm³/mol. The first-order valence-electron chi connectivity index (χ1n) is 8.52. The van der Waals surface area contributed by atoms with Crippen LogP contribution in [0.1, 0.15) is 17.5 Å². The first-order valence-corrected chi connectivity index (χ1v) is 8.52. The normalized spacial score (nSPS) is 11.4. The molecule has 0 atom stereocenters. The lowest BCUT2D eigenvalue weighted by Gasteiger charge is -2.12. The third kappa shape index (κ3) is 3.46. The van der Waals surface area contributed by atoms with Crippen LogP contribution in [0.3, 0.4) is 0 Å². The molecule has 3 rings (SSSR count). The molecule has 24 heavy (non-hydrogen) atoms. The highest BCUT2D eigenvalue weighted by Crippen LogP contribution is 2.35. The van der Waals surface area contributed by atoms with Gasteiger partial charge in [-0.2, -0.15) is 0 Å². The third-order valence-electron chi connectivity index (χ3n) is 4.42. The summed E-state index contributed by atoms with van der Waals surface area (Å²) in [5.74, 6) is 1.85. The van der Waals surface area contributed by atoms with E-state index in [2.05, 4.69) is 73.9 Å². The number of fused-ring (bicyclic) bond motifs is 1. The van der Waals surface area contributed by atoms with Gasteiger partial charge in [0.25, 0.3) is 0 Å². The molecule has 0 unspecified atom stereocenters. The van der Waals surface area contributed by atoms with Gasteiger partial charge in [0.1, 0.15) is 5.75 Å². The molecule has 0 spiro atoms. The molecule has 0 amide bonds. The SMILES string of the molecule is Cc1ccc(Oc2c(CCCN(C)C)c3ccccc3n2C)cc1. The van der Waals surface area contributed by atoms with E-state index < -0.39 is 0 Å². The number of ether oxygens (including phenoxy) is 1. The maximum atomic E-state index is 6.29. The summed E-state index contributed by atoms with van der Waals surface area (Å²) in [4.78, 5) is 2.23. The largest absolute Gasteiger partial charge is 0.441 e. The molecule has 126 valence electrons. The van der Waals surface area contributed by atoms with Gasteiger partial charge in [0.05, 0.1) is 5.52 Å². The highest BCUT2D eigenvalue weighted by Gasteiger charge is 2.16. The van der Waals surface area contributed by atoms with E-state index >= 15 is 0 Å². The van der Waals surface area contributed by atoms with Crippen molar-refractivity contribution in [2.75, 3.05) is 20.6 Å². The lowest BCUT2D eigenvalue weighted by atomic mass is 10.1. The molecule has 0 aliphatic carbocycles. The first kappa shape index (κ1) is 16.6. The molecular formula is C21H26N2O. The molecule has 0 N–H and O–H groups in total. The van der Waals surface area contributed by atoms with Crippen molar-refractivity contribution in [3.05, 3.63) is 59.7 Å². The third-order valence-corrected chi connectivity index (χ3v) is 4.42. The number of nitrogens with zero attached hydrogens (tertiary/aromatic N) is 2. The zero-order chi connectivity index (χ0) is 17.1. The van der Waals surface area contributed by atoms with Crippen molar-refractivity contribution in [2.24, 2.45) is 7.05 Å². The molecule has 0 aliphatic heterocycles. The minimum Gasteiger partial charge on any atom is -0.441 e. The summed E-state index contributed by atoms with van der Waals surface area (Å²) in [6, 6.07) is 16.8. The zero-order valence-corrected chi connectivity index (χ0v) is 15.0. The molecule has 1 aromatic heterocycles. The zero-order valence-electron chi connectivity index (χ0n) is 15.0. The van der Waals surface area contributed by atoms with E-state index in [-0.39, 0.29) is 0 Å². The molecule has 2 aromatic carbocycles. The van der Waals surface area contributed by atoms with Crippen molar-refractivity contribution < 1.29 is 4.74 Å². The highest BCUT2D eigenvalue weighted by molar-refractivity contribution is 5.87. The van der Waals surface area contributed by atoms with E-state index in [4.69, 9.17) is 4.74 Å². The van der Waals surface area contributed by atoms with Crippen LogP contribution in [0.2, 0.25) is 0 Å². The van der Waals surface area contributed by atoms with Crippen LogP contribution in [-0.4, -0.2) is 30.1 Å². The number of aryl methyl sites for hydroxylation is 3. The first-order chi connectivity index (χ1) is 11.6. The molecule has 0 fully saturated rings. The highest BCUT2D eigenvalue weighted by atomic mass is 16.5. The van der Waals surface area contributed by atoms with Gasteiger partial charge in [0.15, 0.2) is 0 Å². The van der Waals surface area contributed by atoms with Gasteiger partial charge in [-0.25, -0.2) is 0 Å². The van der Waals surface area contributed by atoms with Gasteiger partial charge < -0.3 is 14.2 Å². The van der Waals surface area contributed by atoms with Crippen LogP contribution in [0.25, 0.3) is 10.9 Å². The second-order valence-electron chi connectivity index (χ2n) is 6.68. The van der Waals surface area contributed by atoms with E-state index in [1.807, 2.05) is 12.1 Å². The van der Waals surface area contributed by atoms with Gasteiger partial charge >= 0.3 is 0 Å². The second kappa shape index (κ2) is 7.10. The van der Waals surface area contributed by atoms with Gasteiger partial charge in [-0.1, -0.05) is 35.9 Å². The van der Waals surface area contributed by atoms with Gasteiger partial charge in [-0.15, -0.1) is 0 Å². The minimum absolute atomic E-state index is 0.889. The molecule has 0 bridgehead atoms. The Labute approximate surface area is 144 Å². The van der Waals surface area contributed by atoms with Crippen LogP contribution < -0.4 is 4.74 Å². The molecule has 3 aromatic rings. The topological polar surface area (TPSA) is 17.4 Å². The molecule has 0 aliphatic rings. The summed E-state index contributed by atoms with van der Waals surface area (Å²) in [6.07, 6.45) is 2.13. The van der Waals surface area contributed by atoms with Crippen molar-refractivity contribution in [1.29, 1.82) is 0 Å². The molecule has 0 saturated carbocycles. The van der Waals surface area contributed by atoms with Crippen LogP contribution in [0.5, 0.6) is 11.6 Å². The fraction of sp³-hybridized carbons (Fsp3) is 0.333. The fourth-order valence-corrected chi connectivity index (χ4v) is 3.11. The molecule has 3 heteroatoms. The van der Waals surface area contributed by atoms with E-state index in [0.717, 1.165) is 31.0 Å². The average Bonchev–Trinajstić information content (AvgIpc) is 2.83. The van der Waals surface area contributed by atoms with Crippen LogP contribution in [0.4, 0.5) is 0 Å². The quantitative estimate of drug-likeness (QED) is 0.650. The van der Waals surface area contributed by atoms with Crippen LogP contribution in [0, 0.1) is 6.92 Å². The van der Waals surface area contributed by atoms with Gasteiger partial charge in [0, 0.05) is 18.0 Å². The maximum Gasteiger partial charge on any atom is 0.204 e. The Bertz CT molecular complexity index is 816.